The van der Waals surface area contributed by atoms with E-state index in [0.717, 1.165) is 38.3 Å². The summed E-state index contributed by atoms with van der Waals surface area (Å²) in [6.07, 6.45) is -4.66. The molecule has 28 heavy (non-hydrogen) atoms. The van der Waals surface area contributed by atoms with E-state index in [-0.39, 0.29) is 12.1 Å². The van der Waals surface area contributed by atoms with E-state index in [1.54, 1.807) is 6.07 Å². The molecule has 1 heterocycles. The van der Waals surface area contributed by atoms with Crippen LogP contribution in [-0.2, 0) is 11.0 Å². The van der Waals surface area contributed by atoms with Crippen LogP contribution >= 0.6 is 0 Å². The van der Waals surface area contributed by atoms with Crippen molar-refractivity contribution in [3.63, 3.8) is 0 Å². The van der Waals surface area contributed by atoms with Crippen LogP contribution in [-0.4, -0.2) is 69.7 Å². The minimum absolute atomic E-state index is 0.0569. The third kappa shape index (κ3) is 7.09. The van der Waals surface area contributed by atoms with Crippen LogP contribution in [0.25, 0.3) is 0 Å². The van der Waals surface area contributed by atoms with Crippen molar-refractivity contribution in [3.8, 4) is 6.07 Å². The molecule has 154 valence electrons. The average molecular weight is 398 g/mol. The summed E-state index contributed by atoms with van der Waals surface area (Å²) in [7, 11) is 0. The molecule has 1 saturated heterocycles. The van der Waals surface area contributed by atoms with E-state index < -0.39 is 23.3 Å². The molecule has 1 aliphatic rings. The Bertz CT molecular complexity index is 677. The molecule has 0 spiro atoms. The van der Waals surface area contributed by atoms with Crippen LogP contribution in [0.5, 0.6) is 0 Å². The predicted octanol–water partition coefficient (Wildman–Crippen LogP) is 0.600. The number of para-hydroxylation sites is 1. The van der Waals surface area contributed by atoms with Gasteiger partial charge in [0.25, 0.3) is 0 Å². The topological polar surface area (TPSA) is 92.2 Å². The van der Waals surface area contributed by atoms with E-state index in [0.29, 0.717) is 26.2 Å². The fraction of sp³-hybridized carbons (Fsp3) is 0.556. The quantitative estimate of drug-likeness (QED) is 0.596. The van der Waals surface area contributed by atoms with E-state index >= 15 is 0 Å². The second-order valence-corrected chi connectivity index (χ2v) is 6.41. The number of alkyl halides is 3. The number of anilines is 1. The van der Waals surface area contributed by atoms with Crippen molar-refractivity contribution < 1.29 is 18.0 Å². The van der Waals surface area contributed by atoms with Gasteiger partial charge in [-0.3, -0.25) is 9.69 Å². The lowest BCUT2D eigenvalue weighted by Crippen LogP contribution is -2.44. The molecule has 0 saturated carbocycles. The Hall–Kier alpha value is -2.19. The number of amides is 1. The lowest BCUT2D eigenvalue weighted by atomic mass is 10.1. The minimum Gasteiger partial charge on any atom is -0.323 e. The number of carbonyl (C=O) groups excluding carboxylic acids is 1. The van der Waals surface area contributed by atoms with Gasteiger partial charge >= 0.3 is 6.18 Å². The molecule has 10 heteroatoms. The van der Waals surface area contributed by atoms with Crippen LogP contribution < -0.4 is 21.3 Å². The summed E-state index contributed by atoms with van der Waals surface area (Å²) in [5.74, 6) is -0.582. The van der Waals surface area contributed by atoms with Gasteiger partial charge < -0.3 is 21.3 Å². The van der Waals surface area contributed by atoms with E-state index in [1.165, 1.54) is 6.07 Å². The fourth-order valence-electron chi connectivity index (χ4n) is 2.87. The summed E-state index contributed by atoms with van der Waals surface area (Å²) in [6, 6.07) is 4.97. The Kier molecular flexibility index (Phi) is 8.66. The van der Waals surface area contributed by atoms with Crippen LogP contribution in [0.15, 0.2) is 18.2 Å². The highest BCUT2D eigenvalue weighted by Gasteiger charge is 2.35. The Morgan fingerprint density at radius 3 is 2.18 bits per heavy atom. The van der Waals surface area contributed by atoms with Crippen molar-refractivity contribution in [2.45, 2.75) is 6.18 Å². The second-order valence-electron chi connectivity index (χ2n) is 6.41. The molecule has 4 N–H and O–H groups in total. The molecule has 1 aliphatic heterocycles. The highest BCUT2D eigenvalue weighted by atomic mass is 19.4. The molecule has 1 amide bonds. The summed E-state index contributed by atoms with van der Waals surface area (Å²) in [6.45, 7) is 5.71. The number of nitrogens with zero attached hydrogens (tertiary/aromatic N) is 2. The Morgan fingerprint density at radius 2 is 1.64 bits per heavy atom. The largest absolute Gasteiger partial charge is 0.418 e. The van der Waals surface area contributed by atoms with E-state index in [2.05, 4.69) is 21.3 Å². The first-order valence-corrected chi connectivity index (χ1v) is 9.16. The maximum Gasteiger partial charge on any atom is 0.418 e. The van der Waals surface area contributed by atoms with Crippen LogP contribution in [0, 0.1) is 11.3 Å². The predicted molar refractivity (Wildman–Crippen MR) is 99.8 cm³/mol. The molecule has 2 rings (SSSR count). The van der Waals surface area contributed by atoms with Gasteiger partial charge in [-0.1, -0.05) is 6.07 Å². The zero-order chi connectivity index (χ0) is 20.4. The summed E-state index contributed by atoms with van der Waals surface area (Å²) in [5, 5.41) is 21.2. The van der Waals surface area contributed by atoms with Crippen molar-refractivity contribution in [2.24, 2.45) is 0 Å². The number of nitrogens with one attached hydrogen (secondary N) is 4. The molecular formula is C18H25F3N6O. The van der Waals surface area contributed by atoms with Gasteiger partial charge in [0.2, 0.25) is 5.91 Å². The summed E-state index contributed by atoms with van der Waals surface area (Å²) in [5.41, 5.74) is -1.73. The Morgan fingerprint density at radius 1 is 1.07 bits per heavy atom. The number of halogens is 3. The van der Waals surface area contributed by atoms with Gasteiger partial charge in [0, 0.05) is 52.4 Å². The Labute approximate surface area is 162 Å². The fourth-order valence-corrected chi connectivity index (χ4v) is 2.87. The zero-order valence-electron chi connectivity index (χ0n) is 15.5. The van der Waals surface area contributed by atoms with Gasteiger partial charge in [-0.15, -0.1) is 0 Å². The van der Waals surface area contributed by atoms with Gasteiger partial charge in [0.05, 0.1) is 23.4 Å². The highest BCUT2D eigenvalue weighted by Crippen LogP contribution is 2.36. The Balaban J connectivity index is 2.04. The number of nitriles is 1. The van der Waals surface area contributed by atoms with Crippen molar-refractivity contribution in [1.29, 1.82) is 5.26 Å². The van der Waals surface area contributed by atoms with Crippen LogP contribution in [0.2, 0.25) is 0 Å². The van der Waals surface area contributed by atoms with Crippen molar-refractivity contribution >= 4 is 11.6 Å². The molecule has 1 aromatic rings. The highest BCUT2D eigenvalue weighted by molar-refractivity contribution is 5.94. The van der Waals surface area contributed by atoms with Gasteiger partial charge in [0.1, 0.15) is 6.07 Å². The average Bonchev–Trinajstić information content (AvgIpc) is 2.63. The van der Waals surface area contributed by atoms with Gasteiger partial charge in [-0.05, 0) is 12.1 Å². The minimum atomic E-state index is -4.66. The van der Waals surface area contributed by atoms with Crippen LogP contribution in [0.3, 0.4) is 0 Å². The first kappa shape index (κ1) is 22.1. The number of carbonyl (C=O) groups is 1. The lowest BCUT2D eigenvalue weighted by molar-refractivity contribution is -0.137. The van der Waals surface area contributed by atoms with E-state index in [4.69, 9.17) is 5.26 Å². The normalized spacial score (nSPS) is 17.8. The first-order valence-electron chi connectivity index (χ1n) is 9.16. The smallest absolute Gasteiger partial charge is 0.323 e. The van der Waals surface area contributed by atoms with Crippen LogP contribution in [0.4, 0.5) is 18.9 Å². The third-order valence-corrected chi connectivity index (χ3v) is 4.29. The standard InChI is InChI=1S/C18H25F3N6O/c19-18(20,21)15-3-1-2-14(12-22)17(15)26-16(28)13-27-10-8-24-6-4-23-5-7-25-9-11-27/h1-3,23-25H,4-11,13H2,(H,26,28). The molecule has 0 unspecified atom stereocenters. The van der Waals surface area contributed by atoms with Crippen molar-refractivity contribution in [2.75, 3.05) is 64.2 Å². The molecule has 0 aromatic heterocycles. The molecule has 0 atom stereocenters. The molecular weight excluding hydrogens is 373 g/mol. The van der Waals surface area contributed by atoms with E-state index in [9.17, 15) is 18.0 Å². The van der Waals surface area contributed by atoms with Gasteiger partial charge in [-0.25, -0.2) is 0 Å². The summed E-state index contributed by atoms with van der Waals surface area (Å²) < 4.78 is 39.7. The molecule has 0 aliphatic carbocycles. The van der Waals surface area contributed by atoms with Gasteiger partial charge in [0.15, 0.2) is 0 Å². The number of benzene rings is 1. The SMILES string of the molecule is N#Cc1cccc(C(F)(F)F)c1NC(=O)CN1CCNCCNCCNCC1. The molecule has 0 radical (unpaired) electrons. The molecule has 0 bridgehead atoms. The third-order valence-electron chi connectivity index (χ3n) is 4.29. The molecule has 1 fully saturated rings. The monoisotopic (exact) mass is 398 g/mol. The summed E-state index contributed by atoms with van der Waals surface area (Å²) >= 11 is 0. The summed E-state index contributed by atoms with van der Waals surface area (Å²) in [4.78, 5) is 14.3. The van der Waals surface area contributed by atoms with Crippen molar-refractivity contribution in [3.05, 3.63) is 29.3 Å². The number of hydrogen-bond acceptors (Lipinski definition) is 6. The van der Waals surface area contributed by atoms with Gasteiger partial charge in [-0.2, -0.15) is 18.4 Å². The lowest BCUT2D eigenvalue weighted by Gasteiger charge is -2.23. The zero-order valence-corrected chi connectivity index (χ0v) is 15.5. The molecule has 1 aromatic carbocycles. The number of hydrogen-bond donors (Lipinski definition) is 4. The van der Waals surface area contributed by atoms with Crippen molar-refractivity contribution in [1.82, 2.24) is 20.9 Å². The van der Waals surface area contributed by atoms with E-state index in [1.807, 2.05) is 4.90 Å². The van der Waals surface area contributed by atoms with Crippen LogP contribution in [0.1, 0.15) is 11.1 Å². The first-order chi connectivity index (χ1) is 13.4. The second kappa shape index (κ2) is 11.0. The molecule has 7 nitrogen and oxygen atoms in total. The number of rotatable bonds is 3. The maximum absolute atomic E-state index is 13.2. The maximum atomic E-state index is 13.2.